The van der Waals surface area contributed by atoms with Gasteiger partial charge >= 0.3 is 0 Å². The Morgan fingerprint density at radius 3 is 2.53 bits per heavy atom. The van der Waals surface area contributed by atoms with E-state index in [4.69, 9.17) is 0 Å². The van der Waals surface area contributed by atoms with E-state index in [9.17, 15) is 0 Å². The number of hydrogen-bond donors (Lipinski definition) is 1. The molecule has 0 aromatic heterocycles. The first-order valence-electron chi connectivity index (χ1n) is 6.91. The van der Waals surface area contributed by atoms with Crippen LogP contribution in [0.2, 0.25) is 0 Å². The van der Waals surface area contributed by atoms with E-state index in [0.29, 0.717) is 0 Å². The summed E-state index contributed by atoms with van der Waals surface area (Å²) in [7, 11) is 2.12. The normalized spacial score (nSPS) is 38.2. The summed E-state index contributed by atoms with van der Waals surface area (Å²) in [6.45, 7) is 4.75. The molecule has 0 heterocycles. The van der Waals surface area contributed by atoms with Crippen molar-refractivity contribution in [1.29, 1.82) is 0 Å². The van der Waals surface area contributed by atoms with Crippen molar-refractivity contribution >= 4 is 0 Å². The first-order chi connectivity index (χ1) is 7.24. The summed E-state index contributed by atoms with van der Waals surface area (Å²) in [5.41, 5.74) is 0. The Bertz CT molecular complexity index is 198. The molecule has 2 aliphatic carbocycles. The van der Waals surface area contributed by atoms with Crippen LogP contribution in [0.1, 0.15) is 52.4 Å². The maximum atomic E-state index is 3.47. The van der Waals surface area contributed by atoms with Crippen LogP contribution in [0.4, 0.5) is 0 Å². The standard InChI is InChI=1S/C14H27N/c1-4-14(15-3)10(2)7-13-9-11-5-6-12(13)8-11/h10-15H,4-9H2,1-3H3. The van der Waals surface area contributed by atoms with Gasteiger partial charge in [-0.3, -0.25) is 0 Å². The van der Waals surface area contributed by atoms with Crippen LogP contribution >= 0.6 is 0 Å². The van der Waals surface area contributed by atoms with Crippen molar-refractivity contribution in [1.82, 2.24) is 5.32 Å². The molecule has 2 bridgehead atoms. The minimum atomic E-state index is 0.740. The zero-order chi connectivity index (χ0) is 10.8. The van der Waals surface area contributed by atoms with Gasteiger partial charge < -0.3 is 5.32 Å². The van der Waals surface area contributed by atoms with Crippen molar-refractivity contribution < 1.29 is 0 Å². The average molecular weight is 209 g/mol. The molecule has 0 spiro atoms. The molecule has 0 radical (unpaired) electrons. The van der Waals surface area contributed by atoms with Crippen molar-refractivity contribution in [3.05, 3.63) is 0 Å². The van der Waals surface area contributed by atoms with Crippen LogP contribution in [-0.4, -0.2) is 13.1 Å². The Balaban J connectivity index is 1.81. The second kappa shape index (κ2) is 4.86. The Kier molecular flexibility index (Phi) is 3.71. The molecule has 0 aromatic rings. The fraction of sp³-hybridized carbons (Fsp3) is 1.00. The average Bonchev–Trinajstić information content (AvgIpc) is 2.81. The summed E-state index contributed by atoms with van der Waals surface area (Å²) in [6.07, 6.45) is 8.94. The van der Waals surface area contributed by atoms with Gasteiger partial charge in [0.1, 0.15) is 0 Å². The van der Waals surface area contributed by atoms with Gasteiger partial charge in [0.15, 0.2) is 0 Å². The van der Waals surface area contributed by atoms with Gasteiger partial charge in [0.25, 0.3) is 0 Å². The van der Waals surface area contributed by atoms with Crippen molar-refractivity contribution in [2.45, 2.75) is 58.4 Å². The molecule has 2 aliphatic rings. The molecule has 5 atom stereocenters. The van der Waals surface area contributed by atoms with Gasteiger partial charge in [0.05, 0.1) is 0 Å². The Hall–Kier alpha value is -0.0400. The van der Waals surface area contributed by atoms with Crippen LogP contribution in [0.25, 0.3) is 0 Å². The SMILES string of the molecule is CCC(NC)C(C)CC1CC2CCC1C2. The summed E-state index contributed by atoms with van der Waals surface area (Å²) in [5, 5.41) is 3.47. The molecular formula is C14H27N. The van der Waals surface area contributed by atoms with Crippen LogP contribution in [0, 0.1) is 23.7 Å². The van der Waals surface area contributed by atoms with Crippen molar-refractivity contribution in [2.75, 3.05) is 7.05 Å². The van der Waals surface area contributed by atoms with Crippen LogP contribution in [0.15, 0.2) is 0 Å². The molecule has 0 aromatic carbocycles. The summed E-state index contributed by atoms with van der Waals surface area (Å²) in [6, 6.07) is 0.740. The molecular weight excluding hydrogens is 182 g/mol. The molecule has 1 nitrogen and oxygen atoms in total. The van der Waals surface area contributed by atoms with E-state index in [0.717, 1.165) is 29.7 Å². The maximum Gasteiger partial charge on any atom is 0.00871 e. The maximum absolute atomic E-state index is 3.47. The third-order valence-electron chi connectivity index (χ3n) is 5.06. The summed E-state index contributed by atoms with van der Waals surface area (Å²) in [4.78, 5) is 0. The summed E-state index contributed by atoms with van der Waals surface area (Å²) in [5.74, 6) is 4.15. The molecule has 2 rings (SSSR count). The highest BCUT2D eigenvalue weighted by molar-refractivity contribution is 4.91. The smallest absolute Gasteiger partial charge is 0.00871 e. The Morgan fingerprint density at radius 1 is 1.27 bits per heavy atom. The largest absolute Gasteiger partial charge is 0.317 e. The van der Waals surface area contributed by atoms with E-state index < -0.39 is 0 Å². The van der Waals surface area contributed by atoms with Crippen LogP contribution in [0.5, 0.6) is 0 Å². The molecule has 1 heteroatoms. The lowest BCUT2D eigenvalue weighted by atomic mass is 9.80. The van der Waals surface area contributed by atoms with E-state index >= 15 is 0 Å². The van der Waals surface area contributed by atoms with Gasteiger partial charge in [-0.2, -0.15) is 0 Å². The van der Waals surface area contributed by atoms with Crippen LogP contribution in [-0.2, 0) is 0 Å². The fourth-order valence-electron chi connectivity index (χ4n) is 4.20. The van der Waals surface area contributed by atoms with Crippen molar-refractivity contribution in [3.63, 3.8) is 0 Å². The zero-order valence-electron chi connectivity index (χ0n) is 10.6. The summed E-state index contributed by atoms with van der Waals surface area (Å²) >= 11 is 0. The summed E-state index contributed by atoms with van der Waals surface area (Å²) < 4.78 is 0. The Morgan fingerprint density at radius 2 is 2.07 bits per heavy atom. The van der Waals surface area contributed by atoms with E-state index in [1.165, 1.54) is 12.8 Å². The van der Waals surface area contributed by atoms with Gasteiger partial charge in [0, 0.05) is 6.04 Å². The minimum Gasteiger partial charge on any atom is -0.317 e. The number of rotatable bonds is 5. The van der Waals surface area contributed by atoms with Gasteiger partial charge in [0.2, 0.25) is 0 Å². The second-order valence-electron chi connectivity index (χ2n) is 5.95. The lowest BCUT2D eigenvalue weighted by molar-refractivity contribution is 0.243. The van der Waals surface area contributed by atoms with Crippen molar-refractivity contribution in [2.24, 2.45) is 23.7 Å². The highest BCUT2D eigenvalue weighted by atomic mass is 14.9. The second-order valence-corrected chi connectivity index (χ2v) is 5.95. The molecule has 0 saturated heterocycles. The van der Waals surface area contributed by atoms with Crippen LogP contribution < -0.4 is 5.32 Å². The van der Waals surface area contributed by atoms with E-state index in [1.54, 1.807) is 25.7 Å². The predicted molar refractivity (Wildman–Crippen MR) is 65.9 cm³/mol. The Labute approximate surface area is 95.0 Å². The number of fused-ring (bicyclic) bond motifs is 2. The van der Waals surface area contributed by atoms with Gasteiger partial charge in [-0.05, 0) is 62.8 Å². The lowest BCUT2D eigenvalue weighted by Gasteiger charge is -2.29. The van der Waals surface area contributed by atoms with Gasteiger partial charge in [-0.25, -0.2) is 0 Å². The molecule has 15 heavy (non-hydrogen) atoms. The molecule has 2 saturated carbocycles. The predicted octanol–water partition coefficient (Wildman–Crippen LogP) is 3.45. The van der Waals surface area contributed by atoms with Gasteiger partial charge in [-0.15, -0.1) is 0 Å². The van der Waals surface area contributed by atoms with Gasteiger partial charge in [-0.1, -0.05) is 20.3 Å². The van der Waals surface area contributed by atoms with Crippen molar-refractivity contribution in [3.8, 4) is 0 Å². The molecule has 1 N–H and O–H groups in total. The lowest BCUT2D eigenvalue weighted by Crippen LogP contribution is -2.33. The number of hydrogen-bond acceptors (Lipinski definition) is 1. The first-order valence-corrected chi connectivity index (χ1v) is 6.91. The molecule has 2 fully saturated rings. The monoisotopic (exact) mass is 209 g/mol. The van der Waals surface area contributed by atoms with Crippen LogP contribution in [0.3, 0.4) is 0 Å². The highest BCUT2D eigenvalue weighted by Crippen LogP contribution is 2.50. The highest BCUT2D eigenvalue weighted by Gasteiger charge is 2.40. The molecule has 0 amide bonds. The topological polar surface area (TPSA) is 12.0 Å². The molecule has 88 valence electrons. The van der Waals surface area contributed by atoms with E-state index in [2.05, 4.69) is 26.2 Å². The molecule has 0 aliphatic heterocycles. The third-order valence-corrected chi connectivity index (χ3v) is 5.06. The van der Waals surface area contributed by atoms with E-state index in [1.807, 2.05) is 0 Å². The first kappa shape index (κ1) is 11.4. The number of nitrogens with one attached hydrogen (secondary N) is 1. The zero-order valence-corrected chi connectivity index (χ0v) is 10.6. The molecule has 5 unspecified atom stereocenters. The van der Waals surface area contributed by atoms with E-state index in [-0.39, 0.29) is 0 Å². The minimum absolute atomic E-state index is 0.740. The fourth-order valence-corrected chi connectivity index (χ4v) is 4.20. The third kappa shape index (κ3) is 2.38. The quantitative estimate of drug-likeness (QED) is 0.731.